The Morgan fingerprint density at radius 3 is 2.47 bits per heavy atom. The Balaban J connectivity index is 2.00. The topological polar surface area (TPSA) is 52.0 Å². The molecule has 0 spiro atoms. The number of ether oxygens (including phenoxy) is 1. The lowest BCUT2D eigenvalue weighted by atomic mass is 10.3. The number of hydrogen-bond donors (Lipinski definition) is 1. The van der Waals surface area contributed by atoms with E-state index in [1.807, 2.05) is 49.9 Å². The summed E-state index contributed by atoms with van der Waals surface area (Å²) in [6, 6.07) is 7.79. The van der Waals surface area contributed by atoms with Gasteiger partial charge in [0.15, 0.2) is 5.82 Å². The molecule has 1 aromatic carbocycles. The van der Waals surface area contributed by atoms with Crippen molar-refractivity contribution in [1.82, 2.24) is 14.8 Å². The van der Waals surface area contributed by atoms with E-state index in [0.29, 0.717) is 6.61 Å². The van der Waals surface area contributed by atoms with Gasteiger partial charge in [-0.25, -0.2) is 0 Å². The van der Waals surface area contributed by atoms with Crippen molar-refractivity contribution in [3.05, 3.63) is 35.9 Å². The van der Waals surface area contributed by atoms with Crippen LogP contribution in [0, 0.1) is 6.92 Å². The van der Waals surface area contributed by atoms with Gasteiger partial charge in [-0.2, -0.15) is 0 Å². The van der Waals surface area contributed by atoms with Crippen LogP contribution in [-0.4, -0.2) is 21.8 Å². The highest BCUT2D eigenvalue weighted by atomic mass is 16.5. The van der Waals surface area contributed by atoms with Crippen molar-refractivity contribution in [3.63, 3.8) is 0 Å². The average Bonchev–Trinajstić information content (AvgIpc) is 2.68. The third-order valence-electron chi connectivity index (χ3n) is 2.69. The largest absolute Gasteiger partial charge is 0.486 e. The molecular formula is C12H16N4O. The molecule has 1 aromatic heterocycles. The lowest BCUT2D eigenvalue weighted by Gasteiger charge is -2.06. The van der Waals surface area contributed by atoms with Gasteiger partial charge >= 0.3 is 0 Å². The molecule has 0 fully saturated rings. The van der Waals surface area contributed by atoms with Gasteiger partial charge in [-0.05, 0) is 31.2 Å². The summed E-state index contributed by atoms with van der Waals surface area (Å²) in [5.74, 6) is 2.53. The zero-order chi connectivity index (χ0) is 12.3. The lowest BCUT2D eigenvalue weighted by Crippen LogP contribution is -2.04. The fourth-order valence-corrected chi connectivity index (χ4v) is 1.44. The van der Waals surface area contributed by atoms with E-state index in [1.54, 1.807) is 0 Å². The number of nitrogens with one attached hydrogen (secondary N) is 1. The van der Waals surface area contributed by atoms with Gasteiger partial charge in [-0.3, -0.25) is 0 Å². The Morgan fingerprint density at radius 1 is 1.24 bits per heavy atom. The second-order valence-corrected chi connectivity index (χ2v) is 3.79. The van der Waals surface area contributed by atoms with Crippen molar-refractivity contribution in [3.8, 4) is 5.75 Å². The SMILES string of the molecule is CNc1ccc(OCc2nnc(C)n2C)cc1. The first kappa shape index (κ1) is 11.4. The minimum absolute atomic E-state index is 0.427. The Hall–Kier alpha value is -2.04. The van der Waals surface area contributed by atoms with Gasteiger partial charge in [-0.1, -0.05) is 0 Å². The van der Waals surface area contributed by atoms with Crippen LogP contribution in [0.4, 0.5) is 5.69 Å². The van der Waals surface area contributed by atoms with Crippen LogP contribution in [0.1, 0.15) is 11.6 Å². The van der Waals surface area contributed by atoms with E-state index in [2.05, 4.69) is 15.5 Å². The second kappa shape index (κ2) is 4.86. The molecule has 5 heteroatoms. The first-order valence-electron chi connectivity index (χ1n) is 5.46. The molecule has 0 aliphatic rings. The lowest BCUT2D eigenvalue weighted by molar-refractivity contribution is 0.291. The van der Waals surface area contributed by atoms with Crippen LogP contribution in [0.5, 0.6) is 5.75 Å². The van der Waals surface area contributed by atoms with Gasteiger partial charge in [0.05, 0.1) is 0 Å². The third-order valence-corrected chi connectivity index (χ3v) is 2.69. The number of nitrogens with zero attached hydrogens (tertiary/aromatic N) is 3. The number of anilines is 1. The highest BCUT2D eigenvalue weighted by molar-refractivity contribution is 5.45. The van der Waals surface area contributed by atoms with Crippen LogP contribution in [0.15, 0.2) is 24.3 Å². The smallest absolute Gasteiger partial charge is 0.170 e. The van der Waals surface area contributed by atoms with E-state index in [1.165, 1.54) is 0 Å². The summed E-state index contributed by atoms with van der Waals surface area (Å²) in [6.07, 6.45) is 0. The molecule has 0 saturated heterocycles. The summed E-state index contributed by atoms with van der Waals surface area (Å²) in [6.45, 7) is 2.34. The Bertz CT molecular complexity index is 490. The van der Waals surface area contributed by atoms with E-state index in [0.717, 1.165) is 23.1 Å². The van der Waals surface area contributed by atoms with E-state index < -0.39 is 0 Å². The molecule has 0 aliphatic heterocycles. The third kappa shape index (κ3) is 2.55. The van der Waals surface area contributed by atoms with E-state index in [-0.39, 0.29) is 0 Å². The van der Waals surface area contributed by atoms with Crippen molar-refractivity contribution in [2.24, 2.45) is 7.05 Å². The van der Waals surface area contributed by atoms with Gasteiger partial charge in [0, 0.05) is 19.8 Å². The molecule has 0 radical (unpaired) electrons. The van der Waals surface area contributed by atoms with Crippen LogP contribution in [0.3, 0.4) is 0 Å². The zero-order valence-electron chi connectivity index (χ0n) is 10.3. The molecule has 90 valence electrons. The molecule has 0 saturated carbocycles. The molecule has 2 aromatic rings. The molecule has 5 nitrogen and oxygen atoms in total. The molecule has 1 N–H and O–H groups in total. The Labute approximate surface area is 100 Å². The maximum absolute atomic E-state index is 5.63. The van der Waals surface area contributed by atoms with Gasteiger partial charge in [0.25, 0.3) is 0 Å². The van der Waals surface area contributed by atoms with Crippen LogP contribution >= 0.6 is 0 Å². The molecule has 0 unspecified atom stereocenters. The predicted octanol–water partition coefficient (Wildman–Crippen LogP) is 1.74. The molecule has 0 aliphatic carbocycles. The predicted molar refractivity (Wildman–Crippen MR) is 66.1 cm³/mol. The van der Waals surface area contributed by atoms with Gasteiger partial charge in [0.2, 0.25) is 0 Å². The molecule has 0 atom stereocenters. The van der Waals surface area contributed by atoms with Crippen molar-refractivity contribution in [2.75, 3.05) is 12.4 Å². The summed E-state index contributed by atoms with van der Waals surface area (Å²) in [5, 5.41) is 11.1. The molecule has 2 rings (SSSR count). The summed E-state index contributed by atoms with van der Waals surface area (Å²) in [7, 11) is 3.82. The quantitative estimate of drug-likeness (QED) is 0.872. The fraction of sp³-hybridized carbons (Fsp3) is 0.333. The molecular weight excluding hydrogens is 216 g/mol. The fourth-order valence-electron chi connectivity index (χ4n) is 1.44. The average molecular weight is 232 g/mol. The van der Waals surface area contributed by atoms with Crippen molar-refractivity contribution < 1.29 is 4.74 Å². The Kier molecular flexibility index (Phi) is 3.27. The molecule has 0 amide bonds. The molecule has 0 bridgehead atoms. The van der Waals surface area contributed by atoms with Crippen LogP contribution in [0.25, 0.3) is 0 Å². The monoisotopic (exact) mass is 232 g/mol. The van der Waals surface area contributed by atoms with Gasteiger partial charge < -0.3 is 14.6 Å². The van der Waals surface area contributed by atoms with Crippen LogP contribution < -0.4 is 10.1 Å². The summed E-state index contributed by atoms with van der Waals surface area (Å²) in [4.78, 5) is 0. The number of aromatic nitrogens is 3. The summed E-state index contributed by atoms with van der Waals surface area (Å²) < 4.78 is 7.55. The zero-order valence-corrected chi connectivity index (χ0v) is 10.3. The second-order valence-electron chi connectivity index (χ2n) is 3.79. The summed E-state index contributed by atoms with van der Waals surface area (Å²) in [5.41, 5.74) is 1.06. The number of hydrogen-bond acceptors (Lipinski definition) is 4. The van der Waals surface area contributed by atoms with Gasteiger partial charge in [0.1, 0.15) is 18.2 Å². The summed E-state index contributed by atoms with van der Waals surface area (Å²) >= 11 is 0. The van der Waals surface area contributed by atoms with Crippen molar-refractivity contribution in [2.45, 2.75) is 13.5 Å². The number of aryl methyl sites for hydroxylation is 1. The Morgan fingerprint density at radius 2 is 1.94 bits per heavy atom. The van der Waals surface area contributed by atoms with Crippen LogP contribution in [-0.2, 0) is 13.7 Å². The maximum Gasteiger partial charge on any atom is 0.170 e. The number of rotatable bonds is 4. The molecule has 1 heterocycles. The highest BCUT2D eigenvalue weighted by Gasteiger charge is 2.05. The minimum Gasteiger partial charge on any atom is -0.486 e. The molecule has 17 heavy (non-hydrogen) atoms. The highest BCUT2D eigenvalue weighted by Crippen LogP contribution is 2.16. The van der Waals surface area contributed by atoms with Crippen LogP contribution in [0.2, 0.25) is 0 Å². The normalized spacial score (nSPS) is 10.3. The standard InChI is InChI=1S/C12H16N4O/c1-9-14-15-12(16(9)3)8-17-11-6-4-10(13-2)5-7-11/h4-7,13H,8H2,1-3H3. The van der Waals surface area contributed by atoms with Crippen molar-refractivity contribution in [1.29, 1.82) is 0 Å². The van der Waals surface area contributed by atoms with Crippen molar-refractivity contribution >= 4 is 5.69 Å². The first-order chi connectivity index (χ1) is 8.20. The van der Waals surface area contributed by atoms with Gasteiger partial charge in [-0.15, -0.1) is 10.2 Å². The minimum atomic E-state index is 0.427. The maximum atomic E-state index is 5.63. The van der Waals surface area contributed by atoms with E-state index in [9.17, 15) is 0 Å². The van der Waals surface area contributed by atoms with E-state index >= 15 is 0 Å². The number of benzene rings is 1. The van der Waals surface area contributed by atoms with E-state index in [4.69, 9.17) is 4.74 Å². The first-order valence-corrected chi connectivity index (χ1v) is 5.46.